The van der Waals surface area contributed by atoms with Gasteiger partial charge in [-0.3, -0.25) is 4.79 Å². The van der Waals surface area contributed by atoms with Crippen LogP contribution >= 0.6 is 15.9 Å². The molecule has 1 N–H and O–H groups in total. The minimum Gasteiger partial charge on any atom is -0.480 e. The van der Waals surface area contributed by atoms with Gasteiger partial charge >= 0.3 is 5.97 Å². The molecule has 21 heavy (non-hydrogen) atoms. The van der Waals surface area contributed by atoms with E-state index in [1.54, 1.807) is 19.9 Å². The molecule has 1 aliphatic rings. The first-order chi connectivity index (χ1) is 9.86. The summed E-state index contributed by atoms with van der Waals surface area (Å²) in [5.41, 5.74) is -1.14. The van der Waals surface area contributed by atoms with E-state index in [2.05, 4.69) is 15.9 Å². The fraction of sp³-hybridized carbons (Fsp3) is 0.467. The van der Waals surface area contributed by atoms with Crippen LogP contribution in [-0.2, 0) is 9.59 Å². The second kappa shape index (κ2) is 6.05. The number of halogens is 1. The normalized spacial score (nSPS) is 22.9. The number of aliphatic carboxylic acids is 1. The van der Waals surface area contributed by atoms with Crippen LogP contribution in [-0.4, -0.2) is 40.1 Å². The van der Waals surface area contributed by atoms with Gasteiger partial charge in [0.05, 0.1) is 4.47 Å². The van der Waals surface area contributed by atoms with Gasteiger partial charge in [-0.25, -0.2) is 4.79 Å². The van der Waals surface area contributed by atoms with Gasteiger partial charge < -0.3 is 14.7 Å². The first-order valence-electron chi connectivity index (χ1n) is 6.82. The minimum absolute atomic E-state index is 0.298. The number of para-hydroxylation sites is 1. The number of rotatable bonds is 4. The summed E-state index contributed by atoms with van der Waals surface area (Å²) >= 11 is 3.36. The van der Waals surface area contributed by atoms with Crippen LogP contribution in [0, 0.1) is 0 Å². The summed E-state index contributed by atoms with van der Waals surface area (Å²) in [4.78, 5) is 25.3. The molecule has 6 heteroatoms. The third kappa shape index (κ3) is 3.05. The fourth-order valence-electron chi connectivity index (χ4n) is 2.54. The lowest BCUT2D eigenvalue weighted by Crippen LogP contribution is -2.54. The standard InChI is InChI=1S/C15H18BrNO4/c1-10(21-12-7-4-3-6-11(12)16)13(18)17-9-5-8-15(17,2)14(19)20/h3-4,6-7,10H,5,8-9H2,1-2H3,(H,19,20). The molecule has 1 aromatic carbocycles. The number of carbonyl (C=O) groups is 2. The van der Waals surface area contributed by atoms with Crippen molar-refractivity contribution in [2.45, 2.75) is 38.3 Å². The SMILES string of the molecule is CC(Oc1ccccc1Br)C(=O)N1CCCC1(C)C(=O)O. The first-order valence-corrected chi connectivity index (χ1v) is 7.61. The van der Waals surface area contributed by atoms with Crippen LogP contribution in [0.1, 0.15) is 26.7 Å². The maximum atomic E-state index is 12.5. The van der Waals surface area contributed by atoms with E-state index in [1.807, 2.05) is 18.2 Å². The molecule has 0 aromatic heterocycles. The Morgan fingerprint density at radius 3 is 2.71 bits per heavy atom. The summed E-state index contributed by atoms with van der Waals surface area (Å²) in [6.07, 6.45) is 0.423. The predicted molar refractivity (Wildman–Crippen MR) is 81.2 cm³/mol. The number of carboxylic acid groups (broad SMARTS) is 1. The van der Waals surface area contributed by atoms with Crippen LogP contribution in [0.3, 0.4) is 0 Å². The van der Waals surface area contributed by atoms with Gasteiger partial charge in [-0.05, 0) is 54.8 Å². The molecule has 1 heterocycles. The van der Waals surface area contributed by atoms with Crippen molar-refractivity contribution in [3.05, 3.63) is 28.7 Å². The van der Waals surface area contributed by atoms with Crippen molar-refractivity contribution in [2.24, 2.45) is 0 Å². The second-order valence-electron chi connectivity index (χ2n) is 5.36. The zero-order valence-corrected chi connectivity index (χ0v) is 13.6. The summed E-state index contributed by atoms with van der Waals surface area (Å²) in [6.45, 7) is 3.68. The zero-order valence-electron chi connectivity index (χ0n) is 12.0. The van der Waals surface area contributed by atoms with E-state index in [1.165, 1.54) is 4.90 Å². The van der Waals surface area contributed by atoms with Crippen molar-refractivity contribution in [2.75, 3.05) is 6.54 Å². The number of hydrogen-bond acceptors (Lipinski definition) is 3. The molecular weight excluding hydrogens is 338 g/mol. The Balaban J connectivity index is 2.13. The zero-order chi connectivity index (χ0) is 15.6. The summed E-state index contributed by atoms with van der Waals surface area (Å²) in [7, 11) is 0. The number of hydrogen-bond donors (Lipinski definition) is 1. The third-order valence-corrected chi connectivity index (χ3v) is 4.51. The van der Waals surface area contributed by atoms with Crippen molar-refractivity contribution < 1.29 is 19.4 Å². The minimum atomic E-state index is -1.14. The summed E-state index contributed by atoms with van der Waals surface area (Å²) in [5, 5.41) is 9.37. The fourth-order valence-corrected chi connectivity index (χ4v) is 2.92. The van der Waals surface area contributed by atoms with Crippen LogP contribution in [0.2, 0.25) is 0 Å². The smallest absolute Gasteiger partial charge is 0.329 e. The van der Waals surface area contributed by atoms with Crippen molar-refractivity contribution in [3.63, 3.8) is 0 Å². The van der Waals surface area contributed by atoms with E-state index in [4.69, 9.17) is 4.74 Å². The molecule has 0 bridgehead atoms. The van der Waals surface area contributed by atoms with E-state index in [0.29, 0.717) is 25.1 Å². The molecule has 0 aliphatic carbocycles. The van der Waals surface area contributed by atoms with Crippen molar-refractivity contribution in [1.82, 2.24) is 4.90 Å². The van der Waals surface area contributed by atoms with Gasteiger partial charge in [0.15, 0.2) is 6.10 Å². The van der Waals surface area contributed by atoms with E-state index < -0.39 is 17.6 Å². The summed E-state index contributed by atoms with van der Waals surface area (Å²) in [6, 6.07) is 7.25. The molecule has 0 radical (unpaired) electrons. The van der Waals surface area contributed by atoms with Crippen molar-refractivity contribution in [3.8, 4) is 5.75 Å². The van der Waals surface area contributed by atoms with Crippen LogP contribution in [0.25, 0.3) is 0 Å². The van der Waals surface area contributed by atoms with Crippen molar-refractivity contribution in [1.29, 1.82) is 0 Å². The van der Waals surface area contributed by atoms with Gasteiger partial charge in [-0.15, -0.1) is 0 Å². The molecule has 2 rings (SSSR count). The Hall–Kier alpha value is -1.56. The number of amides is 1. The highest BCUT2D eigenvalue weighted by Gasteiger charge is 2.47. The van der Waals surface area contributed by atoms with Crippen molar-refractivity contribution >= 4 is 27.8 Å². The van der Waals surface area contributed by atoms with Crippen LogP contribution < -0.4 is 4.74 Å². The van der Waals surface area contributed by atoms with Crippen LogP contribution in [0.4, 0.5) is 0 Å². The number of carbonyl (C=O) groups excluding carboxylic acids is 1. The Morgan fingerprint density at radius 2 is 2.10 bits per heavy atom. The van der Waals surface area contributed by atoms with E-state index in [-0.39, 0.29) is 5.91 Å². The number of ether oxygens (including phenoxy) is 1. The largest absolute Gasteiger partial charge is 0.480 e. The monoisotopic (exact) mass is 355 g/mol. The van der Waals surface area contributed by atoms with Gasteiger partial charge in [0.1, 0.15) is 11.3 Å². The second-order valence-corrected chi connectivity index (χ2v) is 6.22. The molecule has 5 nitrogen and oxygen atoms in total. The average molecular weight is 356 g/mol. The number of nitrogens with zero attached hydrogens (tertiary/aromatic N) is 1. The van der Waals surface area contributed by atoms with E-state index >= 15 is 0 Å². The molecular formula is C15H18BrNO4. The molecule has 0 spiro atoms. The molecule has 1 fully saturated rings. The quantitative estimate of drug-likeness (QED) is 0.901. The Kier molecular flexibility index (Phi) is 4.56. The van der Waals surface area contributed by atoms with Gasteiger partial charge in [-0.2, -0.15) is 0 Å². The number of benzene rings is 1. The summed E-state index contributed by atoms with van der Waals surface area (Å²) < 4.78 is 6.42. The molecule has 114 valence electrons. The van der Waals surface area contributed by atoms with Gasteiger partial charge in [0.25, 0.3) is 5.91 Å². The van der Waals surface area contributed by atoms with Gasteiger partial charge in [0.2, 0.25) is 0 Å². The molecule has 1 saturated heterocycles. The molecule has 0 saturated carbocycles. The lowest BCUT2D eigenvalue weighted by molar-refractivity contribution is -0.157. The lowest BCUT2D eigenvalue weighted by Gasteiger charge is -2.33. The topological polar surface area (TPSA) is 66.8 Å². The van der Waals surface area contributed by atoms with E-state index in [9.17, 15) is 14.7 Å². The lowest BCUT2D eigenvalue weighted by atomic mass is 9.99. The molecule has 2 unspecified atom stereocenters. The third-order valence-electron chi connectivity index (χ3n) is 3.86. The first kappa shape index (κ1) is 15.8. The molecule has 2 atom stereocenters. The molecule has 1 aromatic rings. The van der Waals surface area contributed by atoms with Crippen LogP contribution in [0.5, 0.6) is 5.75 Å². The van der Waals surface area contributed by atoms with Gasteiger partial charge in [0, 0.05) is 6.54 Å². The Bertz CT molecular complexity index is 562. The number of likely N-dealkylation sites (tertiary alicyclic amines) is 1. The Morgan fingerprint density at radius 1 is 1.43 bits per heavy atom. The maximum Gasteiger partial charge on any atom is 0.329 e. The average Bonchev–Trinajstić information content (AvgIpc) is 2.84. The highest BCUT2D eigenvalue weighted by atomic mass is 79.9. The predicted octanol–water partition coefficient (Wildman–Crippen LogP) is 2.68. The maximum absolute atomic E-state index is 12.5. The van der Waals surface area contributed by atoms with Crippen LogP contribution in [0.15, 0.2) is 28.7 Å². The highest BCUT2D eigenvalue weighted by molar-refractivity contribution is 9.10. The molecule has 1 aliphatic heterocycles. The van der Waals surface area contributed by atoms with E-state index in [0.717, 1.165) is 4.47 Å². The summed E-state index contributed by atoms with van der Waals surface area (Å²) in [5.74, 6) is -0.704. The Labute approximate surface area is 132 Å². The molecule has 1 amide bonds. The van der Waals surface area contributed by atoms with Gasteiger partial charge in [-0.1, -0.05) is 12.1 Å². The highest BCUT2D eigenvalue weighted by Crippen LogP contribution is 2.31. The number of carboxylic acids is 1.